The summed E-state index contributed by atoms with van der Waals surface area (Å²) in [7, 11) is 0. The van der Waals surface area contributed by atoms with Crippen molar-refractivity contribution in [3.05, 3.63) is 16.1 Å². The highest BCUT2D eigenvalue weighted by Crippen LogP contribution is 2.22. The van der Waals surface area contributed by atoms with Gasteiger partial charge in [-0.3, -0.25) is 0 Å². The van der Waals surface area contributed by atoms with Gasteiger partial charge in [-0.1, -0.05) is 20.8 Å². The van der Waals surface area contributed by atoms with Gasteiger partial charge in [-0.25, -0.2) is 4.98 Å². The molecule has 0 saturated heterocycles. The Morgan fingerprint density at radius 2 is 2.13 bits per heavy atom. The third kappa shape index (κ3) is 4.31. The first-order valence-electron chi connectivity index (χ1n) is 5.81. The first kappa shape index (κ1) is 12.7. The summed E-state index contributed by atoms with van der Waals surface area (Å²) in [5.41, 5.74) is 0. The standard InChI is InChI=1S/C12H22N2S/c1-5-13-10(4)11-8-14-12(15-11)7-6-9(2)3/h8-10,13H,5-7H2,1-4H3. The highest BCUT2D eigenvalue weighted by Gasteiger charge is 2.08. The minimum atomic E-state index is 0.445. The van der Waals surface area contributed by atoms with E-state index in [1.165, 1.54) is 16.3 Å². The predicted molar refractivity (Wildman–Crippen MR) is 67.4 cm³/mol. The third-order valence-electron chi connectivity index (χ3n) is 2.44. The molecule has 1 atom stereocenters. The Kier molecular flexibility index (Phi) is 5.26. The molecule has 0 amide bonds. The average molecular weight is 226 g/mol. The van der Waals surface area contributed by atoms with Crippen molar-refractivity contribution in [1.29, 1.82) is 0 Å². The SMILES string of the molecule is CCNC(C)c1cnc(CCC(C)C)s1. The molecule has 0 aromatic carbocycles. The van der Waals surface area contributed by atoms with E-state index in [1.807, 2.05) is 17.5 Å². The molecule has 1 rings (SSSR count). The van der Waals surface area contributed by atoms with Crippen LogP contribution in [0.25, 0.3) is 0 Å². The molecule has 0 radical (unpaired) electrons. The van der Waals surface area contributed by atoms with Crippen molar-refractivity contribution < 1.29 is 0 Å². The van der Waals surface area contributed by atoms with Gasteiger partial charge in [0.05, 0.1) is 5.01 Å². The lowest BCUT2D eigenvalue weighted by atomic mass is 10.1. The van der Waals surface area contributed by atoms with Crippen molar-refractivity contribution in [1.82, 2.24) is 10.3 Å². The lowest BCUT2D eigenvalue weighted by Gasteiger charge is -2.08. The van der Waals surface area contributed by atoms with Gasteiger partial charge in [0, 0.05) is 17.1 Å². The number of nitrogens with one attached hydrogen (secondary N) is 1. The highest BCUT2D eigenvalue weighted by molar-refractivity contribution is 7.11. The van der Waals surface area contributed by atoms with Crippen LogP contribution in [0, 0.1) is 5.92 Å². The number of aromatic nitrogens is 1. The number of rotatable bonds is 6. The van der Waals surface area contributed by atoms with Gasteiger partial charge < -0.3 is 5.32 Å². The van der Waals surface area contributed by atoms with E-state index in [4.69, 9.17) is 0 Å². The van der Waals surface area contributed by atoms with E-state index in [2.05, 4.69) is 38.0 Å². The molecule has 0 spiro atoms. The molecule has 86 valence electrons. The Balaban J connectivity index is 2.48. The molecule has 0 saturated carbocycles. The second-order valence-corrected chi connectivity index (χ2v) is 5.52. The zero-order valence-electron chi connectivity index (χ0n) is 10.2. The molecule has 1 aromatic rings. The Hall–Kier alpha value is -0.410. The number of nitrogens with zero attached hydrogens (tertiary/aromatic N) is 1. The summed E-state index contributed by atoms with van der Waals surface area (Å²) >= 11 is 1.85. The lowest BCUT2D eigenvalue weighted by Crippen LogP contribution is -2.16. The highest BCUT2D eigenvalue weighted by atomic mass is 32.1. The van der Waals surface area contributed by atoms with Gasteiger partial charge in [-0.05, 0) is 32.2 Å². The smallest absolute Gasteiger partial charge is 0.0928 e. The minimum absolute atomic E-state index is 0.445. The lowest BCUT2D eigenvalue weighted by molar-refractivity contribution is 0.585. The fourth-order valence-electron chi connectivity index (χ4n) is 1.46. The first-order chi connectivity index (χ1) is 7.13. The van der Waals surface area contributed by atoms with E-state index in [0.717, 1.165) is 18.9 Å². The molecule has 2 nitrogen and oxygen atoms in total. The molecule has 1 aromatic heterocycles. The van der Waals surface area contributed by atoms with E-state index in [9.17, 15) is 0 Å². The minimum Gasteiger partial charge on any atom is -0.310 e. The summed E-state index contributed by atoms with van der Waals surface area (Å²) < 4.78 is 0. The van der Waals surface area contributed by atoms with Gasteiger partial charge >= 0.3 is 0 Å². The van der Waals surface area contributed by atoms with Gasteiger partial charge in [-0.15, -0.1) is 11.3 Å². The van der Waals surface area contributed by atoms with Crippen LogP contribution in [-0.2, 0) is 6.42 Å². The normalized spacial score (nSPS) is 13.4. The Bertz CT molecular complexity index is 281. The van der Waals surface area contributed by atoms with Crippen LogP contribution in [0.3, 0.4) is 0 Å². The number of thiazole rings is 1. The molecule has 0 aliphatic rings. The molecule has 3 heteroatoms. The van der Waals surface area contributed by atoms with Crippen LogP contribution >= 0.6 is 11.3 Å². The maximum Gasteiger partial charge on any atom is 0.0928 e. The third-order valence-corrected chi connectivity index (χ3v) is 3.68. The van der Waals surface area contributed by atoms with Gasteiger partial charge in [0.25, 0.3) is 0 Å². The van der Waals surface area contributed by atoms with Crippen molar-refractivity contribution in [2.45, 2.75) is 46.6 Å². The summed E-state index contributed by atoms with van der Waals surface area (Å²) in [6, 6.07) is 0.445. The summed E-state index contributed by atoms with van der Waals surface area (Å²) in [6.07, 6.45) is 4.39. The van der Waals surface area contributed by atoms with Gasteiger partial charge in [0.15, 0.2) is 0 Å². The van der Waals surface area contributed by atoms with Crippen LogP contribution in [0.2, 0.25) is 0 Å². The van der Waals surface area contributed by atoms with Crippen molar-refractivity contribution in [2.24, 2.45) is 5.92 Å². The molecule has 0 aliphatic carbocycles. The molecule has 1 N–H and O–H groups in total. The predicted octanol–water partition coefficient (Wildman–Crippen LogP) is 3.40. The molecular formula is C12H22N2S. The maximum atomic E-state index is 4.47. The first-order valence-corrected chi connectivity index (χ1v) is 6.63. The summed E-state index contributed by atoms with van der Waals surface area (Å²) in [4.78, 5) is 5.83. The summed E-state index contributed by atoms with van der Waals surface area (Å²) in [5.74, 6) is 0.767. The molecule has 1 heterocycles. The van der Waals surface area contributed by atoms with Crippen LogP contribution in [-0.4, -0.2) is 11.5 Å². The largest absolute Gasteiger partial charge is 0.310 e. The number of hydrogen-bond acceptors (Lipinski definition) is 3. The zero-order chi connectivity index (χ0) is 11.3. The van der Waals surface area contributed by atoms with E-state index in [-0.39, 0.29) is 0 Å². The van der Waals surface area contributed by atoms with Gasteiger partial charge in [0.2, 0.25) is 0 Å². The van der Waals surface area contributed by atoms with E-state index in [1.54, 1.807) is 0 Å². The average Bonchev–Trinajstić information content (AvgIpc) is 2.63. The summed E-state index contributed by atoms with van der Waals surface area (Å²) in [6.45, 7) is 9.87. The van der Waals surface area contributed by atoms with Crippen LogP contribution in [0.15, 0.2) is 6.20 Å². The van der Waals surface area contributed by atoms with Crippen molar-refractivity contribution >= 4 is 11.3 Å². The van der Waals surface area contributed by atoms with E-state index in [0.29, 0.717) is 6.04 Å². The molecule has 0 aliphatic heterocycles. The topological polar surface area (TPSA) is 24.9 Å². The number of aryl methyl sites for hydroxylation is 1. The fraction of sp³-hybridized carbons (Fsp3) is 0.750. The maximum absolute atomic E-state index is 4.47. The Morgan fingerprint density at radius 3 is 2.73 bits per heavy atom. The summed E-state index contributed by atoms with van der Waals surface area (Å²) in [5, 5.41) is 4.69. The fourth-order valence-corrected chi connectivity index (χ4v) is 2.42. The number of hydrogen-bond donors (Lipinski definition) is 1. The van der Waals surface area contributed by atoms with E-state index >= 15 is 0 Å². The molecule has 0 bridgehead atoms. The quantitative estimate of drug-likeness (QED) is 0.804. The van der Waals surface area contributed by atoms with E-state index < -0.39 is 0 Å². The van der Waals surface area contributed by atoms with Crippen LogP contribution in [0.1, 0.15) is 50.0 Å². The van der Waals surface area contributed by atoms with Gasteiger partial charge in [-0.2, -0.15) is 0 Å². The van der Waals surface area contributed by atoms with Crippen LogP contribution in [0.5, 0.6) is 0 Å². The van der Waals surface area contributed by atoms with Crippen LogP contribution < -0.4 is 5.32 Å². The molecule has 1 unspecified atom stereocenters. The Morgan fingerprint density at radius 1 is 1.40 bits per heavy atom. The second-order valence-electron chi connectivity index (χ2n) is 4.37. The van der Waals surface area contributed by atoms with Crippen molar-refractivity contribution in [3.63, 3.8) is 0 Å². The zero-order valence-corrected chi connectivity index (χ0v) is 11.0. The second kappa shape index (κ2) is 6.23. The van der Waals surface area contributed by atoms with Crippen molar-refractivity contribution in [2.75, 3.05) is 6.54 Å². The monoisotopic (exact) mass is 226 g/mol. The van der Waals surface area contributed by atoms with Gasteiger partial charge in [0.1, 0.15) is 0 Å². The molecule has 15 heavy (non-hydrogen) atoms. The Labute approximate surface area is 97.1 Å². The van der Waals surface area contributed by atoms with Crippen molar-refractivity contribution in [3.8, 4) is 0 Å². The molecule has 0 fully saturated rings. The van der Waals surface area contributed by atoms with Crippen LogP contribution in [0.4, 0.5) is 0 Å². The molecular weight excluding hydrogens is 204 g/mol.